The fourth-order valence-corrected chi connectivity index (χ4v) is 4.23. The van der Waals surface area contributed by atoms with Gasteiger partial charge in [-0.3, -0.25) is 4.18 Å². The summed E-state index contributed by atoms with van der Waals surface area (Å²) < 4.78 is 29.3. The molecule has 4 heteroatoms. The molecule has 3 nitrogen and oxygen atoms in total. The normalized spacial score (nSPS) is 28.1. The number of allylic oxidation sites excluding steroid dienone is 2. The van der Waals surface area contributed by atoms with Gasteiger partial charge in [-0.15, -0.1) is 0 Å². The minimum Gasteiger partial charge on any atom is -0.266 e. The maximum absolute atomic E-state index is 12.0. The van der Waals surface area contributed by atoms with E-state index in [-0.39, 0.29) is 11.5 Å². The third-order valence-electron chi connectivity index (χ3n) is 4.45. The summed E-state index contributed by atoms with van der Waals surface area (Å²) in [7, 11) is -3.60. The Hall–Kier alpha value is -1.13. The quantitative estimate of drug-likeness (QED) is 0.618. The first-order valence-corrected chi connectivity index (χ1v) is 8.60. The zero-order chi connectivity index (χ0) is 14.2. The maximum atomic E-state index is 12.0. The highest BCUT2D eigenvalue weighted by Crippen LogP contribution is 2.44. The van der Waals surface area contributed by atoms with Crippen molar-refractivity contribution < 1.29 is 12.6 Å². The molecule has 0 radical (unpaired) electrons. The van der Waals surface area contributed by atoms with Gasteiger partial charge in [0.05, 0.1) is 11.5 Å². The number of rotatable bonds is 5. The lowest BCUT2D eigenvalue weighted by molar-refractivity contribution is 0.267. The average Bonchev–Trinajstić information content (AvgIpc) is 3.01. The van der Waals surface area contributed by atoms with Crippen LogP contribution < -0.4 is 0 Å². The van der Waals surface area contributed by atoms with E-state index in [0.29, 0.717) is 11.8 Å². The van der Waals surface area contributed by atoms with Crippen molar-refractivity contribution in [3.05, 3.63) is 42.0 Å². The molecule has 1 aromatic rings. The molecule has 1 saturated carbocycles. The molecular formula is C16H20O3S. The first-order chi connectivity index (χ1) is 9.54. The summed E-state index contributed by atoms with van der Waals surface area (Å²) in [5.74, 6) is 1.96. The second kappa shape index (κ2) is 5.34. The molecule has 0 unspecified atom stereocenters. The van der Waals surface area contributed by atoms with Crippen molar-refractivity contribution in [3.8, 4) is 0 Å². The standard InChI is InChI=1S/C16H20O3S/c1-12-2-6-16(7-3-12)20(17,18)19-9-8-15-11-13-4-5-14(15)10-13/h2-7,13-15H,8-11H2,1H3/t13-,14+,15-/m0/s1. The lowest BCUT2D eigenvalue weighted by Gasteiger charge is -2.17. The molecule has 0 saturated heterocycles. The Balaban J connectivity index is 1.55. The van der Waals surface area contributed by atoms with E-state index in [2.05, 4.69) is 12.2 Å². The molecule has 0 aromatic heterocycles. The van der Waals surface area contributed by atoms with Gasteiger partial charge in [0, 0.05) is 0 Å². The van der Waals surface area contributed by atoms with Gasteiger partial charge in [-0.25, -0.2) is 0 Å². The molecule has 3 rings (SSSR count). The Morgan fingerprint density at radius 2 is 1.90 bits per heavy atom. The minimum atomic E-state index is -3.60. The van der Waals surface area contributed by atoms with Crippen molar-refractivity contribution in [2.45, 2.75) is 31.1 Å². The first kappa shape index (κ1) is 13.8. The van der Waals surface area contributed by atoms with Crippen LogP contribution in [0, 0.1) is 24.7 Å². The van der Waals surface area contributed by atoms with E-state index in [1.165, 1.54) is 12.8 Å². The van der Waals surface area contributed by atoms with Crippen LogP contribution in [-0.4, -0.2) is 15.0 Å². The summed E-state index contributed by atoms with van der Waals surface area (Å²) in [5.41, 5.74) is 1.04. The highest BCUT2D eigenvalue weighted by Gasteiger charge is 2.35. The lowest BCUT2D eigenvalue weighted by Crippen LogP contribution is -2.13. The van der Waals surface area contributed by atoms with E-state index in [9.17, 15) is 8.42 Å². The molecule has 2 aliphatic carbocycles. The Labute approximate surface area is 120 Å². The van der Waals surface area contributed by atoms with Crippen LogP contribution in [0.4, 0.5) is 0 Å². The van der Waals surface area contributed by atoms with E-state index in [1.54, 1.807) is 24.3 Å². The second-order valence-corrected chi connectivity index (χ2v) is 7.53. The van der Waals surface area contributed by atoms with Crippen molar-refractivity contribution >= 4 is 10.1 Å². The van der Waals surface area contributed by atoms with Gasteiger partial charge in [-0.05, 0) is 56.1 Å². The molecule has 2 bridgehead atoms. The van der Waals surface area contributed by atoms with E-state index < -0.39 is 10.1 Å². The number of hydrogen-bond donors (Lipinski definition) is 0. The molecule has 2 aliphatic rings. The molecular weight excluding hydrogens is 272 g/mol. The molecule has 1 fully saturated rings. The topological polar surface area (TPSA) is 43.4 Å². The highest BCUT2D eigenvalue weighted by atomic mass is 32.2. The van der Waals surface area contributed by atoms with Crippen LogP contribution in [0.2, 0.25) is 0 Å². The molecule has 1 aromatic carbocycles. The van der Waals surface area contributed by atoms with Gasteiger partial charge >= 0.3 is 0 Å². The van der Waals surface area contributed by atoms with Crippen LogP contribution in [0.25, 0.3) is 0 Å². The molecule has 0 heterocycles. The van der Waals surface area contributed by atoms with Gasteiger partial charge < -0.3 is 0 Å². The zero-order valence-electron chi connectivity index (χ0n) is 11.7. The lowest BCUT2D eigenvalue weighted by atomic mass is 9.91. The van der Waals surface area contributed by atoms with E-state index in [4.69, 9.17) is 4.18 Å². The molecule has 0 spiro atoms. The second-order valence-electron chi connectivity index (χ2n) is 5.92. The maximum Gasteiger partial charge on any atom is 0.296 e. The van der Waals surface area contributed by atoms with Crippen molar-refractivity contribution in [1.29, 1.82) is 0 Å². The highest BCUT2D eigenvalue weighted by molar-refractivity contribution is 7.86. The molecule has 0 amide bonds. The smallest absolute Gasteiger partial charge is 0.266 e. The number of aryl methyl sites for hydroxylation is 1. The molecule has 108 valence electrons. The Kier molecular flexibility index (Phi) is 3.69. The number of fused-ring (bicyclic) bond motifs is 2. The largest absolute Gasteiger partial charge is 0.296 e. The summed E-state index contributed by atoms with van der Waals surface area (Å²) >= 11 is 0. The predicted molar refractivity (Wildman–Crippen MR) is 77.8 cm³/mol. The van der Waals surface area contributed by atoms with Gasteiger partial charge in [-0.2, -0.15) is 8.42 Å². The summed E-state index contributed by atoms with van der Waals surface area (Å²) in [6.45, 7) is 2.22. The first-order valence-electron chi connectivity index (χ1n) is 7.19. The fraction of sp³-hybridized carbons (Fsp3) is 0.500. The van der Waals surface area contributed by atoms with Gasteiger partial charge in [0.2, 0.25) is 0 Å². The van der Waals surface area contributed by atoms with Crippen LogP contribution in [0.3, 0.4) is 0 Å². The van der Waals surface area contributed by atoms with Crippen LogP contribution in [-0.2, 0) is 14.3 Å². The third-order valence-corrected chi connectivity index (χ3v) is 5.78. The van der Waals surface area contributed by atoms with Crippen LogP contribution in [0.5, 0.6) is 0 Å². The SMILES string of the molecule is Cc1ccc(S(=O)(=O)OCC[C@H]2C[C@H]3C=C[C@@H]2C3)cc1. The van der Waals surface area contributed by atoms with Crippen molar-refractivity contribution in [2.24, 2.45) is 17.8 Å². The van der Waals surface area contributed by atoms with Gasteiger partial charge in [-0.1, -0.05) is 29.8 Å². The summed E-state index contributed by atoms with van der Waals surface area (Å²) in [6.07, 6.45) is 7.85. The Morgan fingerprint density at radius 1 is 1.15 bits per heavy atom. The molecule has 0 aliphatic heterocycles. The fourth-order valence-electron chi connectivity index (χ4n) is 3.31. The number of benzene rings is 1. The van der Waals surface area contributed by atoms with E-state index >= 15 is 0 Å². The minimum absolute atomic E-state index is 0.246. The number of hydrogen-bond acceptors (Lipinski definition) is 3. The van der Waals surface area contributed by atoms with Gasteiger partial charge in [0.1, 0.15) is 0 Å². The summed E-state index contributed by atoms with van der Waals surface area (Å²) in [5, 5.41) is 0. The average molecular weight is 292 g/mol. The van der Waals surface area contributed by atoms with Crippen molar-refractivity contribution in [1.82, 2.24) is 0 Å². The van der Waals surface area contributed by atoms with Crippen molar-refractivity contribution in [2.75, 3.05) is 6.61 Å². The Morgan fingerprint density at radius 3 is 2.50 bits per heavy atom. The molecule has 20 heavy (non-hydrogen) atoms. The summed E-state index contributed by atoms with van der Waals surface area (Å²) in [4.78, 5) is 0.246. The monoisotopic (exact) mass is 292 g/mol. The van der Waals surface area contributed by atoms with Gasteiger partial charge in [0.25, 0.3) is 10.1 Å². The predicted octanol–water partition coefficient (Wildman–Crippen LogP) is 3.30. The van der Waals surface area contributed by atoms with E-state index in [1.807, 2.05) is 6.92 Å². The summed E-state index contributed by atoms with van der Waals surface area (Å²) in [6, 6.07) is 6.78. The zero-order valence-corrected chi connectivity index (χ0v) is 12.5. The third kappa shape index (κ3) is 2.81. The molecule has 3 atom stereocenters. The molecule has 0 N–H and O–H groups in total. The van der Waals surface area contributed by atoms with E-state index in [0.717, 1.165) is 17.9 Å². The van der Waals surface area contributed by atoms with Crippen LogP contribution >= 0.6 is 0 Å². The van der Waals surface area contributed by atoms with Crippen molar-refractivity contribution in [3.63, 3.8) is 0 Å². The Bertz CT molecular complexity index is 601. The van der Waals surface area contributed by atoms with Crippen LogP contribution in [0.15, 0.2) is 41.3 Å². The van der Waals surface area contributed by atoms with Crippen LogP contribution in [0.1, 0.15) is 24.8 Å². The van der Waals surface area contributed by atoms with Gasteiger partial charge in [0.15, 0.2) is 0 Å².